The second-order valence-corrected chi connectivity index (χ2v) is 9.81. The summed E-state index contributed by atoms with van der Waals surface area (Å²) in [5.74, 6) is -0.398. The topological polar surface area (TPSA) is 75.7 Å². The van der Waals surface area contributed by atoms with E-state index in [1.54, 1.807) is 24.3 Å². The van der Waals surface area contributed by atoms with Crippen LogP contribution in [0.25, 0.3) is 0 Å². The van der Waals surface area contributed by atoms with Gasteiger partial charge in [0.15, 0.2) is 0 Å². The Morgan fingerprint density at radius 2 is 1.76 bits per heavy atom. The first-order valence-corrected chi connectivity index (χ1v) is 11.6. The predicted octanol–water partition coefficient (Wildman–Crippen LogP) is 4.45. The van der Waals surface area contributed by atoms with E-state index in [9.17, 15) is 14.4 Å². The summed E-state index contributed by atoms with van der Waals surface area (Å²) in [6.07, 6.45) is 1.60. The minimum absolute atomic E-state index is 0.234. The number of anilines is 1. The molecule has 1 aliphatic heterocycles. The number of hydrogen-bond acceptors (Lipinski definition) is 4. The van der Waals surface area contributed by atoms with Gasteiger partial charge in [0, 0.05) is 18.0 Å². The molecule has 1 heterocycles. The maximum Gasteiger partial charge on any atom is 0.248 e. The Bertz CT molecular complexity index is 1050. The minimum Gasteiger partial charge on any atom is -0.494 e. The number of rotatable bonds is 7. The second kappa shape index (κ2) is 8.65. The third kappa shape index (κ3) is 3.92. The van der Waals surface area contributed by atoms with Gasteiger partial charge in [-0.1, -0.05) is 51.1 Å². The first kappa shape index (κ1) is 23.0. The molecule has 2 aromatic rings. The molecule has 0 aromatic heterocycles. The van der Waals surface area contributed by atoms with Crippen LogP contribution in [0.3, 0.4) is 0 Å². The van der Waals surface area contributed by atoms with Crippen molar-refractivity contribution < 1.29 is 19.1 Å². The summed E-state index contributed by atoms with van der Waals surface area (Å²) >= 11 is 0. The Labute approximate surface area is 195 Å². The van der Waals surface area contributed by atoms with Crippen LogP contribution in [-0.4, -0.2) is 35.3 Å². The third-order valence-corrected chi connectivity index (χ3v) is 7.77. The molecule has 2 bridgehead atoms. The maximum absolute atomic E-state index is 13.7. The lowest BCUT2D eigenvalue weighted by atomic mass is 9.62. The summed E-state index contributed by atoms with van der Waals surface area (Å²) in [6.45, 7) is 8.42. The molecule has 1 aliphatic carbocycles. The fourth-order valence-electron chi connectivity index (χ4n) is 5.31. The smallest absolute Gasteiger partial charge is 0.248 e. The zero-order valence-electron chi connectivity index (χ0n) is 19.8. The zero-order valence-corrected chi connectivity index (χ0v) is 19.8. The van der Waals surface area contributed by atoms with Crippen LogP contribution in [-0.2, 0) is 20.8 Å². The molecule has 3 amide bonds. The number of fused-ring (bicyclic) bond motifs is 2. The summed E-state index contributed by atoms with van der Waals surface area (Å²) in [4.78, 5) is 42.1. The number of nitrogens with zero attached hydrogens (tertiary/aromatic N) is 1. The van der Waals surface area contributed by atoms with Crippen LogP contribution >= 0.6 is 0 Å². The van der Waals surface area contributed by atoms with Crippen LogP contribution in [0.15, 0.2) is 54.6 Å². The molecule has 1 saturated carbocycles. The molecule has 33 heavy (non-hydrogen) atoms. The highest BCUT2D eigenvalue weighted by molar-refractivity contribution is 6.09. The van der Waals surface area contributed by atoms with Gasteiger partial charge in [-0.05, 0) is 55.0 Å². The van der Waals surface area contributed by atoms with Crippen molar-refractivity contribution in [3.05, 3.63) is 60.2 Å². The highest BCUT2D eigenvalue weighted by atomic mass is 16.5. The molecule has 1 saturated heterocycles. The molecule has 2 aliphatic rings. The molecule has 6 heteroatoms. The SMILES string of the molecule is CCOc1ccc(NC(=O)C(Cc2ccccc2)N2C(=O)C3CCC(C)(C2=O)C3(C)C)cc1. The second-order valence-electron chi connectivity index (χ2n) is 9.81. The summed E-state index contributed by atoms with van der Waals surface area (Å²) in [7, 11) is 0. The molecule has 174 valence electrons. The molecule has 4 rings (SSSR count). The summed E-state index contributed by atoms with van der Waals surface area (Å²) < 4.78 is 5.47. The quantitative estimate of drug-likeness (QED) is 0.635. The van der Waals surface area contributed by atoms with Crippen molar-refractivity contribution in [3.8, 4) is 5.75 Å². The lowest BCUT2D eigenvalue weighted by molar-refractivity contribution is -0.172. The lowest BCUT2D eigenvalue weighted by Gasteiger charge is -2.49. The number of carbonyl (C=O) groups excluding carboxylic acids is 3. The van der Waals surface area contributed by atoms with Crippen molar-refractivity contribution in [3.63, 3.8) is 0 Å². The van der Waals surface area contributed by atoms with E-state index in [2.05, 4.69) is 5.32 Å². The van der Waals surface area contributed by atoms with Gasteiger partial charge < -0.3 is 10.1 Å². The van der Waals surface area contributed by atoms with Gasteiger partial charge in [-0.15, -0.1) is 0 Å². The van der Waals surface area contributed by atoms with Crippen molar-refractivity contribution in [2.45, 2.75) is 53.0 Å². The average molecular weight is 449 g/mol. The summed E-state index contributed by atoms with van der Waals surface area (Å²) in [5, 5.41) is 2.91. The molecular weight excluding hydrogens is 416 g/mol. The van der Waals surface area contributed by atoms with Crippen molar-refractivity contribution in [1.29, 1.82) is 0 Å². The standard InChI is InChI=1S/C27H32N2O4/c1-5-33-20-13-11-19(12-14-20)28-23(30)22(17-18-9-7-6-8-10-18)29-24(31)21-15-16-27(4,25(29)32)26(21,2)3/h6-14,21-22H,5,15-17H2,1-4H3,(H,28,30). The Morgan fingerprint density at radius 1 is 1.09 bits per heavy atom. The highest BCUT2D eigenvalue weighted by Crippen LogP contribution is 2.60. The monoisotopic (exact) mass is 448 g/mol. The fourth-order valence-corrected chi connectivity index (χ4v) is 5.31. The van der Waals surface area contributed by atoms with E-state index in [0.717, 1.165) is 5.56 Å². The minimum atomic E-state index is -0.921. The maximum atomic E-state index is 13.7. The van der Waals surface area contributed by atoms with E-state index in [4.69, 9.17) is 4.74 Å². The number of amides is 3. The number of imide groups is 1. The van der Waals surface area contributed by atoms with Crippen LogP contribution in [0, 0.1) is 16.7 Å². The van der Waals surface area contributed by atoms with Gasteiger partial charge in [0.25, 0.3) is 0 Å². The van der Waals surface area contributed by atoms with Crippen LogP contribution in [0.1, 0.15) is 46.1 Å². The number of benzene rings is 2. The number of piperidine rings is 1. The van der Waals surface area contributed by atoms with E-state index in [-0.39, 0.29) is 30.1 Å². The van der Waals surface area contributed by atoms with Crippen LogP contribution in [0.2, 0.25) is 0 Å². The van der Waals surface area contributed by atoms with E-state index >= 15 is 0 Å². The van der Waals surface area contributed by atoms with Crippen LogP contribution in [0.4, 0.5) is 5.69 Å². The van der Waals surface area contributed by atoms with Gasteiger partial charge in [-0.3, -0.25) is 19.3 Å². The van der Waals surface area contributed by atoms with Gasteiger partial charge >= 0.3 is 0 Å². The van der Waals surface area contributed by atoms with Gasteiger partial charge in [0.05, 0.1) is 12.0 Å². The average Bonchev–Trinajstić information content (AvgIpc) is 2.98. The lowest BCUT2D eigenvalue weighted by Crippen LogP contribution is -2.64. The predicted molar refractivity (Wildman–Crippen MR) is 127 cm³/mol. The molecule has 0 radical (unpaired) electrons. The van der Waals surface area contributed by atoms with Crippen molar-refractivity contribution in [2.24, 2.45) is 16.7 Å². The molecule has 2 aromatic carbocycles. The molecule has 6 nitrogen and oxygen atoms in total. The Balaban J connectivity index is 1.66. The number of carbonyl (C=O) groups is 3. The zero-order chi connectivity index (χ0) is 23.8. The molecular formula is C27H32N2O4. The molecule has 0 spiro atoms. The van der Waals surface area contributed by atoms with E-state index in [1.165, 1.54) is 4.90 Å². The van der Waals surface area contributed by atoms with Gasteiger partial charge in [0.2, 0.25) is 17.7 Å². The van der Waals surface area contributed by atoms with Crippen molar-refractivity contribution >= 4 is 23.4 Å². The van der Waals surface area contributed by atoms with E-state index < -0.39 is 16.9 Å². The Morgan fingerprint density at radius 3 is 2.39 bits per heavy atom. The largest absolute Gasteiger partial charge is 0.494 e. The van der Waals surface area contributed by atoms with Crippen LogP contribution in [0.5, 0.6) is 5.75 Å². The summed E-state index contributed by atoms with van der Waals surface area (Å²) in [5.41, 5.74) is 0.390. The van der Waals surface area contributed by atoms with Crippen molar-refractivity contribution in [1.82, 2.24) is 4.90 Å². The summed E-state index contributed by atoms with van der Waals surface area (Å²) in [6, 6.07) is 15.7. The molecule has 3 unspecified atom stereocenters. The molecule has 1 N–H and O–H groups in total. The normalized spacial score (nSPS) is 24.5. The van der Waals surface area contributed by atoms with Gasteiger partial charge in [-0.2, -0.15) is 0 Å². The number of ether oxygens (including phenoxy) is 1. The molecule has 3 atom stereocenters. The molecule has 2 fully saturated rings. The Kier molecular flexibility index (Phi) is 6.04. The van der Waals surface area contributed by atoms with Gasteiger partial charge in [-0.25, -0.2) is 0 Å². The van der Waals surface area contributed by atoms with Crippen LogP contribution < -0.4 is 10.1 Å². The van der Waals surface area contributed by atoms with E-state index in [1.807, 2.05) is 58.0 Å². The number of nitrogens with one attached hydrogen (secondary N) is 1. The first-order chi connectivity index (χ1) is 15.7. The fraction of sp³-hybridized carbons (Fsp3) is 0.444. The van der Waals surface area contributed by atoms with E-state index in [0.29, 0.717) is 30.9 Å². The number of likely N-dealkylation sites (tertiary alicyclic amines) is 1. The Hall–Kier alpha value is -3.15. The first-order valence-electron chi connectivity index (χ1n) is 11.6. The highest BCUT2D eigenvalue weighted by Gasteiger charge is 2.65. The number of hydrogen-bond donors (Lipinski definition) is 1. The van der Waals surface area contributed by atoms with Crippen molar-refractivity contribution in [2.75, 3.05) is 11.9 Å². The van der Waals surface area contributed by atoms with Gasteiger partial charge in [0.1, 0.15) is 11.8 Å². The third-order valence-electron chi connectivity index (χ3n) is 7.77.